The maximum absolute atomic E-state index is 5.42. The Morgan fingerprint density at radius 2 is 1.06 bits per heavy atom. The van der Waals surface area contributed by atoms with Crippen LogP contribution in [0.1, 0.15) is 0 Å². The van der Waals surface area contributed by atoms with Crippen LogP contribution in [-0.4, -0.2) is 22.6 Å². The molecule has 0 N–H and O–H groups in total. The molecule has 0 bridgehead atoms. The Bertz CT molecular complexity index is 2800. The van der Waals surface area contributed by atoms with Crippen LogP contribution in [0.25, 0.3) is 83.6 Å². The second-order valence-electron chi connectivity index (χ2n) is 14.2. The van der Waals surface area contributed by atoms with Crippen LogP contribution in [0.3, 0.4) is 0 Å². The molecule has 246 valence electrons. The van der Waals surface area contributed by atoms with Crippen LogP contribution >= 0.6 is 0 Å². The first-order valence-electron chi connectivity index (χ1n) is 17.9. The lowest BCUT2D eigenvalue weighted by molar-refractivity contribution is 1.18. The van der Waals surface area contributed by atoms with Crippen molar-refractivity contribution in [3.8, 4) is 61.8 Å². The number of hydrogen-bond acceptors (Lipinski definition) is 2. The van der Waals surface area contributed by atoms with Crippen molar-refractivity contribution in [2.24, 2.45) is 0 Å². The normalized spacial score (nSPS) is 13.0. The molecule has 0 unspecified atom stereocenters. The van der Waals surface area contributed by atoms with E-state index in [4.69, 9.17) is 9.97 Å². The summed E-state index contributed by atoms with van der Waals surface area (Å²) in [6.45, 7) is 4.87. The summed E-state index contributed by atoms with van der Waals surface area (Å²) in [6.07, 6.45) is 0. The molecule has 3 heterocycles. The molecule has 1 aliphatic rings. The van der Waals surface area contributed by atoms with Gasteiger partial charge in [-0.05, 0) is 74.6 Å². The fourth-order valence-corrected chi connectivity index (χ4v) is 11.6. The third kappa shape index (κ3) is 4.72. The third-order valence-electron chi connectivity index (χ3n) is 10.8. The number of nitrogens with zero attached hydrogens (tertiary/aromatic N) is 3. The summed E-state index contributed by atoms with van der Waals surface area (Å²) in [4.78, 5) is 10.8. The van der Waals surface area contributed by atoms with E-state index in [-0.39, 0.29) is 0 Å². The summed E-state index contributed by atoms with van der Waals surface area (Å²) in [6, 6.07) is 63.2. The topological polar surface area (TPSA) is 30.7 Å². The van der Waals surface area contributed by atoms with Crippen molar-refractivity contribution in [2.45, 2.75) is 13.1 Å². The summed E-state index contributed by atoms with van der Waals surface area (Å²) in [5.41, 5.74) is 13.8. The first-order valence-corrected chi connectivity index (χ1v) is 20.9. The second-order valence-corrected chi connectivity index (χ2v) is 18.5. The maximum atomic E-state index is 5.42. The van der Waals surface area contributed by atoms with Gasteiger partial charge in [0.1, 0.15) is 8.07 Å². The molecule has 1 aliphatic heterocycles. The van der Waals surface area contributed by atoms with E-state index in [1.165, 1.54) is 54.4 Å². The van der Waals surface area contributed by atoms with E-state index < -0.39 is 8.07 Å². The van der Waals surface area contributed by atoms with Crippen molar-refractivity contribution in [2.75, 3.05) is 0 Å². The molecule has 0 aliphatic carbocycles. The molecule has 52 heavy (non-hydrogen) atoms. The van der Waals surface area contributed by atoms with E-state index in [9.17, 15) is 0 Å². The van der Waals surface area contributed by atoms with Gasteiger partial charge in [-0.25, -0.2) is 9.97 Å². The predicted molar refractivity (Wildman–Crippen MR) is 220 cm³/mol. The van der Waals surface area contributed by atoms with E-state index in [0.717, 1.165) is 39.6 Å². The highest BCUT2D eigenvalue weighted by atomic mass is 28.3. The summed E-state index contributed by atoms with van der Waals surface area (Å²) in [5.74, 6) is 0.756. The lowest BCUT2D eigenvalue weighted by Gasteiger charge is -2.21. The Kier molecular flexibility index (Phi) is 6.95. The van der Waals surface area contributed by atoms with Crippen LogP contribution in [0.4, 0.5) is 0 Å². The largest absolute Gasteiger partial charge is 0.309 e. The number of para-hydroxylation sites is 1. The van der Waals surface area contributed by atoms with E-state index in [2.05, 4.69) is 194 Å². The molecule has 10 rings (SSSR count). The molecule has 3 nitrogen and oxygen atoms in total. The SMILES string of the molecule is C[Si]1(C)c2ccccc2-c2nc(-c3cccc(-c4cccc5c4c4cc(-c6ccccc6)ccc4n5-c4ccccc4)c3)nc(-c3ccccc3)c21. The molecule has 7 aromatic carbocycles. The van der Waals surface area contributed by atoms with E-state index in [1.807, 2.05) is 0 Å². The zero-order valence-corrected chi connectivity index (χ0v) is 30.1. The highest BCUT2D eigenvalue weighted by Gasteiger charge is 2.41. The van der Waals surface area contributed by atoms with Crippen LogP contribution in [0, 0.1) is 0 Å². The highest BCUT2D eigenvalue weighted by Crippen LogP contribution is 2.41. The van der Waals surface area contributed by atoms with E-state index in [1.54, 1.807) is 0 Å². The molecule has 0 saturated heterocycles. The van der Waals surface area contributed by atoms with Crippen molar-refractivity contribution in [1.82, 2.24) is 14.5 Å². The predicted octanol–water partition coefficient (Wildman–Crippen LogP) is 11.0. The first kappa shape index (κ1) is 30.5. The fourth-order valence-electron chi connectivity index (χ4n) is 8.35. The van der Waals surface area contributed by atoms with Crippen LogP contribution in [0.15, 0.2) is 176 Å². The molecule has 2 aromatic heterocycles. The minimum Gasteiger partial charge on any atom is -0.309 e. The van der Waals surface area contributed by atoms with Gasteiger partial charge in [-0.1, -0.05) is 153 Å². The van der Waals surface area contributed by atoms with Gasteiger partial charge in [0, 0.05) is 27.6 Å². The number of benzene rings is 7. The van der Waals surface area contributed by atoms with Crippen LogP contribution < -0.4 is 10.4 Å². The quantitative estimate of drug-likeness (QED) is 0.169. The van der Waals surface area contributed by atoms with Gasteiger partial charge < -0.3 is 4.57 Å². The van der Waals surface area contributed by atoms with E-state index >= 15 is 0 Å². The molecule has 9 aromatic rings. The third-order valence-corrected chi connectivity index (χ3v) is 14.3. The van der Waals surface area contributed by atoms with Crippen LogP contribution in [-0.2, 0) is 0 Å². The van der Waals surface area contributed by atoms with Gasteiger partial charge in [0.2, 0.25) is 0 Å². The van der Waals surface area contributed by atoms with E-state index in [0.29, 0.717) is 0 Å². The van der Waals surface area contributed by atoms with Gasteiger partial charge in [0.05, 0.1) is 22.4 Å². The van der Waals surface area contributed by atoms with Gasteiger partial charge in [0.25, 0.3) is 0 Å². The lowest BCUT2D eigenvalue weighted by Crippen LogP contribution is -2.50. The summed E-state index contributed by atoms with van der Waals surface area (Å²) in [7, 11) is -2.04. The Hall–Kier alpha value is -6.36. The van der Waals surface area contributed by atoms with Crippen LogP contribution in [0.2, 0.25) is 13.1 Å². The molecule has 0 fully saturated rings. The molecular weight excluding hydrogens is 647 g/mol. The molecule has 0 radical (unpaired) electrons. The number of rotatable bonds is 5. The summed E-state index contributed by atoms with van der Waals surface area (Å²) in [5, 5.41) is 5.22. The molecule has 0 amide bonds. The monoisotopic (exact) mass is 681 g/mol. The molecular formula is C48H35N3Si. The van der Waals surface area contributed by atoms with Crippen molar-refractivity contribution >= 4 is 40.3 Å². The highest BCUT2D eigenvalue weighted by molar-refractivity contribution is 7.04. The van der Waals surface area contributed by atoms with Gasteiger partial charge in [-0.2, -0.15) is 0 Å². The molecule has 0 saturated carbocycles. The maximum Gasteiger partial charge on any atom is 0.160 e. The zero-order chi connectivity index (χ0) is 34.8. The van der Waals surface area contributed by atoms with Crippen molar-refractivity contribution in [1.29, 1.82) is 0 Å². The number of fused-ring (bicyclic) bond motifs is 6. The lowest BCUT2D eigenvalue weighted by atomic mass is 9.96. The van der Waals surface area contributed by atoms with Crippen molar-refractivity contribution in [3.63, 3.8) is 0 Å². The molecule has 0 spiro atoms. The Balaban J connectivity index is 1.20. The van der Waals surface area contributed by atoms with Gasteiger partial charge >= 0.3 is 0 Å². The summed E-state index contributed by atoms with van der Waals surface area (Å²) < 4.78 is 2.39. The Morgan fingerprint density at radius 3 is 1.85 bits per heavy atom. The second kappa shape index (κ2) is 11.9. The van der Waals surface area contributed by atoms with Crippen molar-refractivity contribution < 1.29 is 0 Å². The smallest absolute Gasteiger partial charge is 0.160 e. The number of hydrogen-bond donors (Lipinski definition) is 0. The minimum atomic E-state index is -2.04. The fraction of sp³-hybridized carbons (Fsp3) is 0.0417. The molecule has 4 heteroatoms. The van der Waals surface area contributed by atoms with Gasteiger partial charge in [-0.3, -0.25) is 0 Å². The summed E-state index contributed by atoms with van der Waals surface area (Å²) >= 11 is 0. The zero-order valence-electron chi connectivity index (χ0n) is 29.1. The average molecular weight is 682 g/mol. The number of aromatic nitrogens is 3. The van der Waals surface area contributed by atoms with Crippen LogP contribution in [0.5, 0.6) is 0 Å². The standard InChI is InChI=1S/C48H35N3Si/c1-52(2)43-27-13-12-24-39(43)46-47(52)45(33-18-8-4-9-19-33)49-48(50-46)36-21-14-20-35(30-36)38-25-15-26-42-44(38)40-31-34(32-16-6-3-7-17-32)28-29-41(40)51(42)37-22-10-5-11-23-37/h3-31H,1-2H3. The minimum absolute atomic E-state index is 0.756. The average Bonchev–Trinajstić information content (AvgIpc) is 3.67. The first-order chi connectivity index (χ1) is 25.6. The van der Waals surface area contributed by atoms with Crippen molar-refractivity contribution in [3.05, 3.63) is 176 Å². The Morgan fingerprint density at radius 1 is 0.442 bits per heavy atom. The molecule has 0 atom stereocenters. The Labute approximate surface area is 304 Å². The van der Waals surface area contributed by atoms with Gasteiger partial charge in [-0.15, -0.1) is 0 Å². The van der Waals surface area contributed by atoms with Gasteiger partial charge in [0.15, 0.2) is 5.82 Å².